The number of carbonyl (C=O) groups is 1. The highest BCUT2D eigenvalue weighted by atomic mass is 35.5. The Morgan fingerprint density at radius 2 is 2.26 bits per heavy atom. The van der Waals surface area contributed by atoms with Crippen LogP contribution >= 0.6 is 11.6 Å². The van der Waals surface area contributed by atoms with Crippen molar-refractivity contribution < 1.29 is 14.3 Å². The number of carbonyl (C=O) groups excluding carboxylic acids is 1. The smallest absolute Gasteiger partial charge is 0.251 e. The first-order valence-electron chi connectivity index (χ1n) is 5.91. The highest BCUT2D eigenvalue weighted by Crippen LogP contribution is 2.16. The summed E-state index contributed by atoms with van der Waals surface area (Å²) in [4.78, 5) is 11.8. The van der Waals surface area contributed by atoms with Gasteiger partial charge in [-0.1, -0.05) is 17.7 Å². The van der Waals surface area contributed by atoms with Crippen LogP contribution in [-0.4, -0.2) is 17.6 Å². The van der Waals surface area contributed by atoms with Crippen LogP contribution in [0.15, 0.2) is 47.3 Å². The van der Waals surface area contributed by atoms with Gasteiger partial charge in [-0.3, -0.25) is 4.79 Å². The lowest BCUT2D eigenvalue weighted by Gasteiger charge is -2.09. The third kappa shape index (κ3) is 3.84. The fourth-order valence-electron chi connectivity index (χ4n) is 1.69. The Morgan fingerprint density at radius 1 is 1.42 bits per heavy atom. The van der Waals surface area contributed by atoms with Crippen LogP contribution < -0.4 is 5.32 Å². The van der Waals surface area contributed by atoms with Gasteiger partial charge in [-0.05, 0) is 30.7 Å². The Balaban J connectivity index is 1.81. The highest BCUT2D eigenvalue weighted by Gasteiger charge is 2.10. The first-order chi connectivity index (χ1) is 9.16. The molecule has 100 valence electrons. The molecular formula is C14H14ClNO3. The molecule has 0 aliphatic carbocycles. The molecule has 1 unspecified atom stereocenters. The molecule has 0 aliphatic rings. The van der Waals surface area contributed by atoms with Crippen LogP contribution in [0.1, 0.15) is 28.4 Å². The Labute approximate surface area is 116 Å². The molecule has 0 spiro atoms. The summed E-state index contributed by atoms with van der Waals surface area (Å²) in [7, 11) is 0. The lowest BCUT2D eigenvalue weighted by Crippen LogP contribution is -2.25. The predicted molar refractivity (Wildman–Crippen MR) is 72.1 cm³/mol. The fourth-order valence-corrected chi connectivity index (χ4v) is 1.88. The molecule has 1 aromatic heterocycles. The van der Waals surface area contributed by atoms with E-state index in [0.717, 1.165) is 0 Å². The monoisotopic (exact) mass is 279 g/mol. The van der Waals surface area contributed by atoms with Crippen molar-refractivity contribution in [2.24, 2.45) is 0 Å². The van der Waals surface area contributed by atoms with Crippen LogP contribution in [0.4, 0.5) is 0 Å². The van der Waals surface area contributed by atoms with Gasteiger partial charge in [0.25, 0.3) is 5.91 Å². The number of aliphatic hydroxyl groups excluding tert-OH is 1. The van der Waals surface area contributed by atoms with Crippen molar-refractivity contribution in [3.8, 4) is 0 Å². The van der Waals surface area contributed by atoms with Crippen LogP contribution in [0.3, 0.4) is 0 Å². The van der Waals surface area contributed by atoms with Crippen molar-refractivity contribution in [1.29, 1.82) is 0 Å². The van der Waals surface area contributed by atoms with E-state index < -0.39 is 6.10 Å². The zero-order valence-electron chi connectivity index (χ0n) is 10.2. The molecule has 0 fully saturated rings. The second kappa shape index (κ2) is 6.41. The normalized spacial score (nSPS) is 12.1. The van der Waals surface area contributed by atoms with E-state index in [1.165, 1.54) is 12.5 Å². The van der Waals surface area contributed by atoms with E-state index in [4.69, 9.17) is 16.0 Å². The number of hydrogen-bond donors (Lipinski definition) is 2. The van der Waals surface area contributed by atoms with Crippen molar-refractivity contribution in [3.05, 3.63) is 59.0 Å². The number of rotatable bonds is 5. The van der Waals surface area contributed by atoms with E-state index in [1.807, 2.05) is 0 Å². The Bertz CT molecular complexity index is 539. The predicted octanol–water partition coefficient (Wildman–Crippen LogP) is 2.79. The van der Waals surface area contributed by atoms with E-state index in [1.54, 1.807) is 30.3 Å². The second-order valence-electron chi connectivity index (χ2n) is 4.13. The summed E-state index contributed by atoms with van der Waals surface area (Å²) in [6, 6.07) is 8.42. The highest BCUT2D eigenvalue weighted by molar-refractivity contribution is 6.30. The van der Waals surface area contributed by atoms with Crippen LogP contribution in [0.5, 0.6) is 0 Å². The maximum Gasteiger partial charge on any atom is 0.251 e. The van der Waals surface area contributed by atoms with Crippen LogP contribution in [0.2, 0.25) is 5.02 Å². The lowest BCUT2D eigenvalue weighted by atomic mass is 10.1. The van der Waals surface area contributed by atoms with Gasteiger partial charge in [-0.2, -0.15) is 0 Å². The summed E-state index contributed by atoms with van der Waals surface area (Å²) in [6.45, 7) is 0.373. The van der Waals surface area contributed by atoms with Crippen molar-refractivity contribution >= 4 is 17.5 Å². The molecule has 2 N–H and O–H groups in total. The largest absolute Gasteiger partial charge is 0.472 e. The summed E-state index contributed by atoms with van der Waals surface area (Å²) in [5.74, 6) is -0.207. The van der Waals surface area contributed by atoms with Gasteiger partial charge < -0.3 is 14.8 Å². The van der Waals surface area contributed by atoms with E-state index in [9.17, 15) is 9.90 Å². The number of hydrogen-bond acceptors (Lipinski definition) is 3. The van der Waals surface area contributed by atoms with Crippen LogP contribution in [0, 0.1) is 0 Å². The van der Waals surface area contributed by atoms with Gasteiger partial charge in [0.05, 0.1) is 18.6 Å². The molecule has 0 bridgehead atoms. The van der Waals surface area contributed by atoms with E-state index in [0.29, 0.717) is 29.1 Å². The minimum Gasteiger partial charge on any atom is -0.472 e. The molecule has 0 saturated heterocycles. The van der Waals surface area contributed by atoms with Gasteiger partial charge >= 0.3 is 0 Å². The Morgan fingerprint density at radius 3 is 2.95 bits per heavy atom. The number of nitrogens with one attached hydrogen (secondary N) is 1. The van der Waals surface area contributed by atoms with Gasteiger partial charge in [0.2, 0.25) is 0 Å². The van der Waals surface area contributed by atoms with Crippen molar-refractivity contribution in [2.45, 2.75) is 12.5 Å². The molecule has 1 aromatic carbocycles. The summed E-state index contributed by atoms with van der Waals surface area (Å²) in [5, 5.41) is 13.1. The number of furan rings is 1. The first-order valence-corrected chi connectivity index (χ1v) is 6.28. The first kappa shape index (κ1) is 13.6. The zero-order valence-corrected chi connectivity index (χ0v) is 10.9. The van der Waals surface area contributed by atoms with E-state index >= 15 is 0 Å². The van der Waals surface area contributed by atoms with Crippen LogP contribution in [0.25, 0.3) is 0 Å². The van der Waals surface area contributed by atoms with Gasteiger partial charge in [0.15, 0.2) is 0 Å². The molecule has 2 aromatic rings. The average molecular weight is 280 g/mol. The molecular weight excluding hydrogens is 266 g/mol. The molecule has 4 nitrogen and oxygen atoms in total. The second-order valence-corrected chi connectivity index (χ2v) is 4.56. The Kier molecular flexibility index (Phi) is 4.60. The number of halogens is 1. The number of aliphatic hydroxyl groups is 1. The SMILES string of the molecule is O=C(NCCC(O)c1ccoc1)c1cccc(Cl)c1. The third-order valence-electron chi connectivity index (χ3n) is 2.72. The molecule has 0 radical (unpaired) electrons. The van der Waals surface area contributed by atoms with E-state index in [-0.39, 0.29) is 5.91 Å². The third-order valence-corrected chi connectivity index (χ3v) is 2.95. The molecule has 19 heavy (non-hydrogen) atoms. The fraction of sp³-hybridized carbons (Fsp3) is 0.214. The zero-order chi connectivity index (χ0) is 13.7. The number of benzene rings is 1. The average Bonchev–Trinajstić information content (AvgIpc) is 2.92. The maximum atomic E-state index is 11.8. The minimum atomic E-state index is -0.640. The van der Waals surface area contributed by atoms with Crippen molar-refractivity contribution in [2.75, 3.05) is 6.54 Å². The Hall–Kier alpha value is -1.78. The summed E-state index contributed by atoms with van der Waals surface area (Å²) >= 11 is 5.81. The minimum absolute atomic E-state index is 0.207. The molecule has 2 rings (SSSR count). The van der Waals surface area contributed by atoms with Crippen molar-refractivity contribution in [3.63, 3.8) is 0 Å². The summed E-state index contributed by atoms with van der Waals surface area (Å²) < 4.78 is 4.88. The standard InChI is InChI=1S/C14H14ClNO3/c15-12-3-1-2-10(8-12)14(18)16-6-4-13(17)11-5-7-19-9-11/h1-3,5,7-9,13,17H,4,6H2,(H,16,18). The van der Waals surface area contributed by atoms with Crippen molar-refractivity contribution in [1.82, 2.24) is 5.32 Å². The maximum absolute atomic E-state index is 11.8. The lowest BCUT2D eigenvalue weighted by molar-refractivity contribution is 0.0942. The molecule has 5 heteroatoms. The van der Waals surface area contributed by atoms with Gasteiger partial charge in [0, 0.05) is 22.7 Å². The summed E-state index contributed by atoms with van der Waals surface area (Å²) in [5.41, 5.74) is 1.21. The topological polar surface area (TPSA) is 62.5 Å². The molecule has 0 aliphatic heterocycles. The van der Waals surface area contributed by atoms with Gasteiger partial charge in [-0.25, -0.2) is 0 Å². The van der Waals surface area contributed by atoms with Crippen LogP contribution in [-0.2, 0) is 0 Å². The van der Waals surface area contributed by atoms with Gasteiger partial charge in [0.1, 0.15) is 0 Å². The molecule has 1 heterocycles. The quantitative estimate of drug-likeness (QED) is 0.885. The summed E-state index contributed by atoms with van der Waals surface area (Å²) in [6.07, 6.45) is 2.77. The molecule has 0 saturated carbocycles. The molecule has 1 amide bonds. The van der Waals surface area contributed by atoms with E-state index in [2.05, 4.69) is 5.32 Å². The van der Waals surface area contributed by atoms with Gasteiger partial charge in [-0.15, -0.1) is 0 Å². The number of amides is 1. The molecule has 1 atom stereocenters.